The number of ether oxygens (including phenoxy) is 1. The Hall–Kier alpha value is -3.36. The fraction of sp³-hybridized carbons (Fsp3) is 0.250. The molecule has 4 rings (SSSR count). The summed E-state index contributed by atoms with van der Waals surface area (Å²) in [5.74, 6) is 0.649. The Bertz CT molecular complexity index is 1040. The first-order valence-corrected chi connectivity index (χ1v) is 9.73. The number of rotatable bonds is 5. The monoisotopic (exact) mass is 385 g/mol. The molecule has 1 saturated heterocycles. The minimum atomic E-state index is -0.0507. The zero-order chi connectivity index (χ0) is 20.2. The summed E-state index contributed by atoms with van der Waals surface area (Å²) in [7, 11) is 0. The maximum Gasteiger partial charge on any atom is 0.213 e. The lowest BCUT2D eigenvalue weighted by Crippen LogP contribution is -2.25. The highest BCUT2D eigenvalue weighted by atomic mass is 16.5. The molecule has 0 unspecified atom stereocenters. The van der Waals surface area contributed by atoms with Gasteiger partial charge in [-0.2, -0.15) is 0 Å². The van der Waals surface area contributed by atoms with Crippen LogP contribution in [0.2, 0.25) is 0 Å². The molecule has 0 saturated carbocycles. The van der Waals surface area contributed by atoms with Crippen LogP contribution in [-0.2, 0) is 6.61 Å². The van der Waals surface area contributed by atoms with Crippen LogP contribution in [-0.4, -0.2) is 29.3 Å². The number of hydrogen-bond acceptors (Lipinski definition) is 4. The summed E-state index contributed by atoms with van der Waals surface area (Å²) in [5.41, 5.74) is 5.43. The summed E-state index contributed by atoms with van der Waals surface area (Å²) in [4.78, 5) is 10.2. The van der Waals surface area contributed by atoms with Gasteiger partial charge in [0.15, 0.2) is 5.69 Å². The molecule has 0 aliphatic carbocycles. The van der Waals surface area contributed by atoms with Gasteiger partial charge in [-0.15, -0.1) is 0 Å². The van der Waals surface area contributed by atoms with E-state index >= 15 is 0 Å². The second-order valence-electron chi connectivity index (χ2n) is 7.28. The maximum absolute atomic E-state index is 9.98. The Labute approximate surface area is 171 Å². The summed E-state index contributed by atoms with van der Waals surface area (Å²) in [6, 6.07) is 17.5. The number of para-hydroxylation sites is 1. The van der Waals surface area contributed by atoms with Gasteiger partial charge in [-0.3, -0.25) is 0 Å². The lowest BCUT2D eigenvalue weighted by molar-refractivity contribution is 0.215. The van der Waals surface area contributed by atoms with Crippen LogP contribution in [0, 0.1) is 13.5 Å². The molecule has 3 aromatic rings. The van der Waals surface area contributed by atoms with Crippen molar-refractivity contribution in [3.05, 3.63) is 83.3 Å². The van der Waals surface area contributed by atoms with E-state index in [9.17, 15) is 5.11 Å². The van der Waals surface area contributed by atoms with E-state index in [0.717, 1.165) is 47.5 Å². The van der Waals surface area contributed by atoms with E-state index in [1.165, 1.54) is 0 Å². The molecule has 1 aliphatic heterocycles. The average molecular weight is 385 g/mol. The third kappa shape index (κ3) is 4.08. The van der Waals surface area contributed by atoms with Crippen molar-refractivity contribution in [3.8, 4) is 17.0 Å². The Balaban J connectivity index is 1.53. The molecule has 1 fully saturated rings. The number of hydrogen-bond donors (Lipinski definition) is 1. The van der Waals surface area contributed by atoms with Gasteiger partial charge < -0.3 is 14.7 Å². The van der Waals surface area contributed by atoms with Crippen molar-refractivity contribution in [2.24, 2.45) is 0 Å². The van der Waals surface area contributed by atoms with Gasteiger partial charge in [0.05, 0.1) is 19.7 Å². The molecule has 1 aromatic heterocycles. The van der Waals surface area contributed by atoms with E-state index in [1.807, 2.05) is 67.7 Å². The van der Waals surface area contributed by atoms with Crippen LogP contribution in [0.1, 0.15) is 17.5 Å². The Morgan fingerprint density at radius 1 is 1.21 bits per heavy atom. The van der Waals surface area contributed by atoms with Crippen LogP contribution < -0.4 is 9.64 Å². The van der Waals surface area contributed by atoms with Crippen molar-refractivity contribution in [2.75, 3.05) is 18.0 Å². The van der Waals surface area contributed by atoms with E-state index < -0.39 is 0 Å². The molecule has 0 bridgehead atoms. The standard InChI is InChI=1S/C24H23N3O2/c1-17-7-10-24(26-14-17)29-20-11-12-27(15-20)23-9-8-18(13-19(23)16-28)21-5-3-4-6-22(21)25-2/h3-10,13-14,20,28H,11-12,15-16H2,1H3/t20-/m0/s1. The van der Waals surface area contributed by atoms with Crippen LogP contribution in [0.5, 0.6) is 5.88 Å². The Morgan fingerprint density at radius 3 is 2.83 bits per heavy atom. The normalized spacial score (nSPS) is 15.9. The summed E-state index contributed by atoms with van der Waals surface area (Å²) in [6.45, 7) is 11.0. The van der Waals surface area contributed by atoms with Gasteiger partial charge in [-0.1, -0.05) is 36.4 Å². The van der Waals surface area contributed by atoms with Gasteiger partial charge >= 0.3 is 0 Å². The number of anilines is 1. The molecule has 1 aliphatic rings. The number of aliphatic hydroxyl groups is 1. The predicted octanol–water partition coefficient (Wildman–Crippen LogP) is 4.76. The first-order valence-electron chi connectivity index (χ1n) is 9.73. The summed E-state index contributed by atoms with van der Waals surface area (Å²) in [6.07, 6.45) is 2.79. The van der Waals surface area contributed by atoms with Crippen LogP contribution in [0.4, 0.5) is 11.4 Å². The van der Waals surface area contributed by atoms with E-state index in [1.54, 1.807) is 0 Å². The smallest absolute Gasteiger partial charge is 0.213 e. The highest BCUT2D eigenvalue weighted by molar-refractivity contribution is 5.80. The number of benzene rings is 2. The summed E-state index contributed by atoms with van der Waals surface area (Å²) in [5, 5.41) is 9.98. The SMILES string of the molecule is [C-]#[N+]c1ccccc1-c1ccc(N2CC[C@H](Oc3ccc(C)cn3)C2)c(CO)c1. The second kappa shape index (κ2) is 8.34. The first-order chi connectivity index (χ1) is 14.2. The maximum atomic E-state index is 9.98. The molecule has 0 radical (unpaired) electrons. The lowest BCUT2D eigenvalue weighted by atomic mass is 10.00. The van der Waals surface area contributed by atoms with Gasteiger partial charge in [0, 0.05) is 36.5 Å². The van der Waals surface area contributed by atoms with Gasteiger partial charge in [0.1, 0.15) is 6.10 Å². The van der Waals surface area contributed by atoms with Gasteiger partial charge in [0.25, 0.3) is 0 Å². The van der Waals surface area contributed by atoms with Gasteiger partial charge in [0.2, 0.25) is 5.88 Å². The molecule has 0 spiro atoms. The number of aryl methyl sites for hydroxylation is 1. The molecular weight excluding hydrogens is 362 g/mol. The minimum absolute atomic E-state index is 0.0507. The van der Waals surface area contributed by atoms with Gasteiger partial charge in [-0.25, -0.2) is 9.83 Å². The second-order valence-corrected chi connectivity index (χ2v) is 7.28. The zero-order valence-corrected chi connectivity index (χ0v) is 16.4. The quantitative estimate of drug-likeness (QED) is 0.644. The van der Waals surface area contributed by atoms with Crippen LogP contribution >= 0.6 is 0 Å². The zero-order valence-electron chi connectivity index (χ0n) is 16.4. The Morgan fingerprint density at radius 2 is 2.07 bits per heavy atom. The van der Waals surface area contributed by atoms with Crippen molar-refractivity contribution < 1.29 is 9.84 Å². The molecular formula is C24H23N3O2. The van der Waals surface area contributed by atoms with E-state index in [2.05, 4.69) is 14.7 Å². The molecule has 1 N–H and O–H groups in total. The highest BCUT2D eigenvalue weighted by Gasteiger charge is 2.26. The van der Waals surface area contributed by atoms with E-state index in [0.29, 0.717) is 11.6 Å². The summed E-state index contributed by atoms with van der Waals surface area (Å²) >= 11 is 0. The van der Waals surface area contributed by atoms with Crippen molar-refractivity contribution in [1.82, 2.24) is 4.98 Å². The first kappa shape index (κ1) is 19.0. The molecule has 1 atom stereocenters. The number of aliphatic hydroxyl groups excluding tert-OH is 1. The van der Waals surface area contributed by atoms with Crippen molar-refractivity contribution in [1.29, 1.82) is 0 Å². The average Bonchev–Trinajstić information content (AvgIpc) is 3.23. The Kier molecular flexibility index (Phi) is 5.46. The lowest BCUT2D eigenvalue weighted by Gasteiger charge is -2.22. The fourth-order valence-corrected chi connectivity index (χ4v) is 3.74. The minimum Gasteiger partial charge on any atom is -0.472 e. The molecule has 5 nitrogen and oxygen atoms in total. The predicted molar refractivity (Wildman–Crippen MR) is 114 cm³/mol. The summed E-state index contributed by atoms with van der Waals surface area (Å²) < 4.78 is 6.03. The molecule has 146 valence electrons. The largest absolute Gasteiger partial charge is 0.472 e. The van der Waals surface area contributed by atoms with Crippen molar-refractivity contribution in [3.63, 3.8) is 0 Å². The number of aromatic nitrogens is 1. The van der Waals surface area contributed by atoms with Crippen molar-refractivity contribution in [2.45, 2.75) is 26.1 Å². The molecule has 5 heteroatoms. The van der Waals surface area contributed by atoms with Crippen LogP contribution in [0.25, 0.3) is 16.0 Å². The van der Waals surface area contributed by atoms with Gasteiger partial charge in [-0.05, 0) is 35.7 Å². The number of nitrogens with zero attached hydrogens (tertiary/aromatic N) is 3. The fourth-order valence-electron chi connectivity index (χ4n) is 3.74. The van der Waals surface area contributed by atoms with Crippen LogP contribution in [0.3, 0.4) is 0 Å². The number of pyridine rings is 1. The van der Waals surface area contributed by atoms with Crippen molar-refractivity contribution >= 4 is 11.4 Å². The molecule has 2 aromatic carbocycles. The third-order valence-electron chi connectivity index (χ3n) is 5.24. The molecule has 29 heavy (non-hydrogen) atoms. The molecule has 2 heterocycles. The molecule has 0 amide bonds. The van der Waals surface area contributed by atoms with E-state index in [4.69, 9.17) is 11.3 Å². The topological polar surface area (TPSA) is 50.0 Å². The van der Waals surface area contributed by atoms with Crippen LogP contribution in [0.15, 0.2) is 60.8 Å². The highest BCUT2D eigenvalue weighted by Crippen LogP contribution is 2.34. The van der Waals surface area contributed by atoms with E-state index in [-0.39, 0.29) is 12.7 Å². The third-order valence-corrected chi connectivity index (χ3v) is 5.24.